The van der Waals surface area contributed by atoms with E-state index < -0.39 is 0 Å². The molecule has 1 aromatic carbocycles. The summed E-state index contributed by atoms with van der Waals surface area (Å²) >= 11 is 0. The van der Waals surface area contributed by atoms with E-state index in [1.807, 2.05) is 41.8 Å². The minimum absolute atomic E-state index is 0.00252. The Bertz CT molecular complexity index is 930. The Kier molecular flexibility index (Phi) is 4.14. The number of nitrogens with one attached hydrogen (secondary N) is 1. The van der Waals surface area contributed by atoms with Crippen LogP contribution in [0.15, 0.2) is 42.7 Å². The van der Waals surface area contributed by atoms with Gasteiger partial charge in [0.15, 0.2) is 0 Å². The lowest BCUT2D eigenvalue weighted by Gasteiger charge is -2.18. The first-order valence-corrected chi connectivity index (χ1v) is 8.63. The molecule has 1 aliphatic heterocycles. The van der Waals surface area contributed by atoms with Gasteiger partial charge < -0.3 is 14.5 Å². The third kappa shape index (κ3) is 3.22. The molecule has 0 unspecified atom stereocenters. The smallest absolute Gasteiger partial charge is 0.226 e. The fourth-order valence-electron chi connectivity index (χ4n) is 3.28. The number of ether oxygens (including phenoxy) is 1. The zero-order valence-corrected chi connectivity index (χ0v) is 14.3. The Morgan fingerprint density at radius 1 is 1.36 bits per heavy atom. The number of fused-ring (bicyclic) bond motifs is 2. The molecule has 1 amide bonds. The number of imidazole rings is 1. The number of rotatable bonds is 4. The summed E-state index contributed by atoms with van der Waals surface area (Å²) in [5.74, 6) is 0.972. The van der Waals surface area contributed by atoms with E-state index in [0.717, 1.165) is 47.7 Å². The van der Waals surface area contributed by atoms with Crippen molar-refractivity contribution in [3.8, 4) is 5.75 Å². The molecule has 0 fully saturated rings. The third-order valence-corrected chi connectivity index (χ3v) is 4.61. The van der Waals surface area contributed by atoms with Crippen LogP contribution in [0.4, 0.5) is 0 Å². The monoisotopic (exact) mass is 335 g/mol. The van der Waals surface area contributed by atoms with Crippen molar-refractivity contribution in [1.82, 2.24) is 14.7 Å². The highest BCUT2D eigenvalue weighted by atomic mass is 16.5. The molecule has 0 radical (unpaired) electrons. The SMILES string of the molecule is Cc1cccn2c(CC(=O)NCc3ccc4c(c3)CCCO4)cnc12. The van der Waals surface area contributed by atoms with Crippen molar-refractivity contribution in [1.29, 1.82) is 0 Å². The molecule has 0 saturated heterocycles. The van der Waals surface area contributed by atoms with E-state index in [1.54, 1.807) is 6.20 Å². The molecule has 1 aliphatic rings. The molecule has 1 N–H and O–H groups in total. The van der Waals surface area contributed by atoms with Crippen molar-refractivity contribution < 1.29 is 9.53 Å². The lowest BCUT2D eigenvalue weighted by molar-refractivity contribution is -0.120. The minimum Gasteiger partial charge on any atom is -0.493 e. The molecule has 3 aromatic rings. The van der Waals surface area contributed by atoms with E-state index >= 15 is 0 Å². The Morgan fingerprint density at radius 3 is 3.20 bits per heavy atom. The molecule has 5 nitrogen and oxygen atoms in total. The Balaban J connectivity index is 1.41. The highest BCUT2D eigenvalue weighted by Crippen LogP contribution is 2.25. The van der Waals surface area contributed by atoms with Crippen LogP contribution >= 0.6 is 0 Å². The maximum atomic E-state index is 12.3. The minimum atomic E-state index is -0.00252. The molecular weight excluding hydrogens is 314 g/mol. The number of carbonyl (C=O) groups excluding carboxylic acids is 1. The van der Waals surface area contributed by atoms with Crippen LogP contribution in [0, 0.1) is 6.92 Å². The largest absolute Gasteiger partial charge is 0.493 e. The van der Waals surface area contributed by atoms with Gasteiger partial charge in [0, 0.05) is 18.9 Å². The molecule has 0 bridgehead atoms. The van der Waals surface area contributed by atoms with Crippen LogP contribution in [0.1, 0.15) is 28.8 Å². The molecule has 2 aromatic heterocycles. The van der Waals surface area contributed by atoms with Crippen molar-refractivity contribution in [2.75, 3.05) is 6.61 Å². The van der Waals surface area contributed by atoms with E-state index in [9.17, 15) is 4.79 Å². The van der Waals surface area contributed by atoms with Gasteiger partial charge in [0.1, 0.15) is 11.4 Å². The number of aryl methyl sites for hydroxylation is 2. The average Bonchev–Trinajstić information content (AvgIpc) is 3.04. The number of nitrogens with zero attached hydrogens (tertiary/aromatic N) is 2. The van der Waals surface area contributed by atoms with Gasteiger partial charge in [-0.25, -0.2) is 4.98 Å². The summed E-state index contributed by atoms with van der Waals surface area (Å²) < 4.78 is 7.60. The van der Waals surface area contributed by atoms with Gasteiger partial charge in [-0.05, 0) is 48.6 Å². The van der Waals surface area contributed by atoms with Gasteiger partial charge in [-0.3, -0.25) is 4.79 Å². The zero-order valence-electron chi connectivity index (χ0n) is 14.3. The molecule has 128 valence electrons. The fourth-order valence-corrected chi connectivity index (χ4v) is 3.28. The average molecular weight is 335 g/mol. The summed E-state index contributed by atoms with van der Waals surface area (Å²) in [6.07, 6.45) is 6.13. The van der Waals surface area contributed by atoms with Gasteiger partial charge >= 0.3 is 0 Å². The predicted molar refractivity (Wildman–Crippen MR) is 95.7 cm³/mol. The zero-order chi connectivity index (χ0) is 17.2. The Morgan fingerprint density at radius 2 is 2.28 bits per heavy atom. The molecule has 5 heteroatoms. The first-order chi connectivity index (χ1) is 12.2. The van der Waals surface area contributed by atoms with Gasteiger partial charge in [-0.15, -0.1) is 0 Å². The fraction of sp³-hybridized carbons (Fsp3) is 0.300. The van der Waals surface area contributed by atoms with Crippen LogP contribution < -0.4 is 10.1 Å². The summed E-state index contributed by atoms with van der Waals surface area (Å²) in [4.78, 5) is 16.7. The third-order valence-electron chi connectivity index (χ3n) is 4.61. The van der Waals surface area contributed by atoms with Crippen molar-refractivity contribution in [3.63, 3.8) is 0 Å². The normalized spacial score (nSPS) is 13.3. The summed E-state index contributed by atoms with van der Waals surface area (Å²) in [6, 6.07) is 10.1. The number of carbonyl (C=O) groups is 1. The predicted octanol–water partition coefficient (Wildman–Crippen LogP) is 2.83. The number of amides is 1. The number of hydrogen-bond acceptors (Lipinski definition) is 3. The van der Waals surface area contributed by atoms with Crippen LogP contribution in [0.3, 0.4) is 0 Å². The summed E-state index contributed by atoms with van der Waals surface area (Å²) in [5, 5.41) is 3.00. The molecule has 0 spiro atoms. The van der Waals surface area contributed by atoms with E-state index in [4.69, 9.17) is 4.74 Å². The lowest BCUT2D eigenvalue weighted by Crippen LogP contribution is -2.25. The van der Waals surface area contributed by atoms with Crippen molar-refractivity contribution in [2.45, 2.75) is 32.7 Å². The van der Waals surface area contributed by atoms with Crippen molar-refractivity contribution >= 4 is 11.6 Å². The topological polar surface area (TPSA) is 55.6 Å². The first kappa shape index (κ1) is 15.7. The highest BCUT2D eigenvalue weighted by Gasteiger charge is 2.12. The van der Waals surface area contributed by atoms with Crippen LogP contribution in [-0.4, -0.2) is 21.9 Å². The van der Waals surface area contributed by atoms with Gasteiger partial charge in [-0.1, -0.05) is 18.2 Å². The van der Waals surface area contributed by atoms with E-state index in [1.165, 1.54) is 5.56 Å². The van der Waals surface area contributed by atoms with Gasteiger partial charge in [0.05, 0.1) is 18.7 Å². The molecule has 25 heavy (non-hydrogen) atoms. The Hall–Kier alpha value is -2.82. The van der Waals surface area contributed by atoms with E-state index in [0.29, 0.717) is 13.0 Å². The highest BCUT2D eigenvalue weighted by molar-refractivity contribution is 5.78. The molecule has 4 rings (SSSR count). The van der Waals surface area contributed by atoms with Gasteiger partial charge in [0.25, 0.3) is 0 Å². The standard InChI is InChI=1S/C20H21N3O2/c1-14-4-2-8-23-17(13-22-20(14)23)11-19(24)21-12-15-6-7-18-16(10-15)5-3-9-25-18/h2,4,6-8,10,13H,3,5,9,11-12H2,1H3,(H,21,24). The first-order valence-electron chi connectivity index (χ1n) is 8.63. The maximum Gasteiger partial charge on any atom is 0.226 e. The van der Waals surface area contributed by atoms with Gasteiger partial charge in [0.2, 0.25) is 5.91 Å². The molecular formula is C20H21N3O2. The van der Waals surface area contributed by atoms with Crippen molar-refractivity contribution in [3.05, 3.63) is 65.1 Å². The molecule has 3 heterocycles. The summed E-state index contributed by atoms with van der Waals surface area (Å²) in [5.41, 5.74) is 5.24. The molecule has 0 aliphatic carbocycles. The van der Waals surface area contributed by atoms with E-state index in [-0.39, 0.29) is 5.91 Å². The lowest BCUT2D eigenvalue weighted by atomic mass is 10.0. The quantitative estimate of drug-likeness (QED) is 0.798. The van der Waals surface area contributed by atoms with Crippen LogP contribution in [0.5, 0.6) is 5.75 Å². The Labute approximate surface area is 146 Å². The van der Waals surface area contributed by atoms with Crippen LogP contribution in [-0.2, 0) is 24.2 Å². The second kappa shape index (κ2) is 6.59. The molecule has 0 atom stereocenters. The summed E-state index contributed by atoms with van der Waals surface area (Å²) in [7, 11) is 0. The van der Waals surface area contributed by atoms with Crippen LogP contribution in [0.2, 0.25) is 0 Å². The second-order valence-corrected chi connectivity index (χ2v) is 6.48. The number of hydrogen-bond donors (Lipinski definition) is 1. The number of pyridine rings is 1. The second-order valence-electron chi connectivity index (χ2n) is 6.48. The number of benzene rings is 1. The van der Waals surface area contributed by atoms with Gasteiger partial charge in [-0.2, -0.15) is 0 Å². The molecule has 0 saturated carbocycles. The summed E-state index contributed by atoms with van der Waals surface area (Å²) in [6.45, 7) is 3.34. The number of aromatic nitrogens is 2. The van der Waals surface area contributed by atoms with E-state index in [2.05, 4.69) is 16.4 Å². The van der Waals surface area contributed by atoms with Crippen molar-refractivity contribution in [2.24, 2.45) is 0 Å². The van der Waals surface area contributed by atoms with Crippen LogP contribution in [0.25, 0.3) is 5.65 Å². The maximum absolute atomic E-state index is 12.3.